The van der Waals surface area contributed by atoms with Crippen molar-refractivity contribution in [3.05, 3.63) is 35.4 Å². The number of aliphatic hydroxyl groups excluding tert-OH is 1. The molecule has 0 aliphatic rings. The summed E-state index contributed by atoms with van der Waals surface area (Å²) in [5.74, 6) is 0.0417. The van der Waals surface area contributed by atoms with Crippen molar-refractivity contribution >= 4 is 9.84 Å². The van der Waals surface area contributed by atoms with E-state index in [4.69, 9.17) is 0 Å². The van der Waals surface area contributed by atoms with Gasteiger partial charge in [-0.2, -0.15) is 0 Å². The van der Waals surface area contributed by atoms with Crippen LogP contribution < -0.4 is 0 Å². The van der Waals surface area contributed by atoms with Gasteiger partial charge in [-0.3, -0.25) is 0 Å². The summed E-state index contributed by atoms with van der Waals surface area (Å²) in [4.78, 5) is 0. The van der Waals surface area contributed by atoms with Gasteiger partial charge < -0.3 is 5.11 Å². The molecule has 1 aromatic rings. The summed E-state index contributed by atoms with van der Waals surface area (Å²) in [6.07, 6.45) is 1.41. The Hall–Kier alpha value is -0.870. The first kappa shape index (κ1) is 13.2. The number of aryl methyl sites for hydroxylation is 1. The number of benzene rings is 1. The van der Waals surface area contributed by atoms with Crippen molar-refractivity contribution in [1.82, 2.24) is 0 Å². The van der Waals surface area contributed by atoms with Crippen molar-refractivity contribution < 1.29 is 13.5 Å². The van der Waals surface area contributed by atoms with E-state index >= 15 is 0 Å². The quantitative estimate of drug-likeness (QED) is 0.847. The largest absolute Gasteiger partial charge is 0.393 e. The normalized spacial score (nSPS) is 13.7. The smallest absolute Gasteiger partial charge is 0.147 e. The molecular weight excluding hydrogens is 224 g/mol. The predicted molar refractivity (Wildman–Crippen MR) is 65.2 cm³/mol. The van der Waals surface area contributed by atoms with Crippen molar-refractivity contribution in [3.8, 4) is 0 Å². The van der Waals surface area contributed by atoms with Crippen molar-refractivity contribution in [1.29, 1.82) is 0 Å². The number of aliphatic hydroxyl groups is 1. The van der Waals surface area contributed by atoms with E-state index in [0.717, 1.165) is 5.56 Å². The van der Waals surface area contributed by atoms with Crippen molar-refractivity contribution in [2.75, 3.05) is 12.0 Å². The lowest BCUT2D eigenvalue weighted by Gasteiger charge is -2.09. The summed E-state index contributed by atoms with van der Waals surface area (Å²) in [5, 5.41) is 9.67. The molecule has 0 heterocycles. The number of hydrogen-bond acceptors (Lipinski definition) is 3. The van der Waals surface area contributed by atoms with Gasteiger partial charge in [0, 0.05) is 6.26 Å². The summed E-state index contributed by atoms with van der Waals surface area (Å²) in [5.41, 5.74) is 2.21. The lowest BCUT2D eigenvalue weighted by Crippen LogP contribution is -2.16. The van der Waals surface area contributed by atoms with E-state index < -0.39 is 15.9 Å². The minimum Gasteiger partial charge on any atom is -0.393 e. The zero-order valence-electron chi connectivity index (χ0n) is 9.68. The second-order valence-electron chi connectivity index (χ2n) is 4.26. The molecule has 0 saturated carbocycles. The molecule has 0 aliphatic carbocycles. The molecule has 1 rings (SSSR count). The fourth-order valence-corrected chi connectivity index (χ4v) is 2.15. The molecular formula is C12H18O3S. The van der Waals surface area contributed by atoms with Gasteiger partial charge in [0.15, 0.2) is 0 Å². The molecule has 0 bridgehead atoms. The average Bonchev–Trinajstić information content (AvgIpc) is 2.18. The van der Waals surface area contributed by atoms with Crippen LogP contribution in [0.2, 0.25) is 0 Å². The molecule has 0 aliphatic heterocycles. The Bertz CT molecular complexity index is 420. The maximum atomic E-state index is 10.9. The van der Waals surface area contributed by atoms with Crippen LogP contribution in [0, 0.1) is 6.92 Å². The molecule has 0 fully saturated rings. The Balaban J connectivity index is 2.45. The highest BCUT2D eigenvalue weighted by atomic mass is 32.2. The van der Waals surface area contributed by atoms with E-state index in [1.54, 1.807) is 0 Å². The zero-order chi connectivity index (χ0) is 12.2. The van der Waals surface area contributed by atoms with Crippen molar-refractivity contribution in [2.24, 2.45) is 0 Å². The summed E-state index contributed by atoms with van der Waals surface area (Å²) in [6.45, 7) is 2.00. The molecule has 1 N–H and O–H groups in total. The maximum absolute atomic E-state index is 10.9. The van der Waals surface area contributed by atoms with Gasteiger partial charge in [-0.15, -0.1) is 0 Å². The lowest BCUT2D eigenvalue weighted by atomic mass is 10.1. The molecule has 1 aromatic carbocycles. The van der Waals surface area contributed by atoms with E-state index in [9.17, 15) is 13.5 Å². The van der Waals surface area contributed by atoms with Crippen LogP contribution in [-0.2, 0) is 16.3 Å². The topological polar surface area (TPSA) is 54.4 Å². The van der Waals surface area contributed by atoms with E-state index in [2.05, 4.69) is 0 Å². The minimum absolute atomic E-state index is 0.0417. The van der Waals surface area contributed by atoms with Gasteiger partial charge in [0.25, 0.3) is 0 Å². The summed E-state index contributed by atoms with van der Waals surface area (Å²) in [6, 6.07) is 7.88. The summed E-state index contributed by atoms with van der Waals surface area (Å²) < 4.78 is 21.8. The van der Waals surface area contributed by atoms with Crippen LogP contribution >= 0.6 is 0 Å². The van der Waals surface area contributed by atoms with Crippen LogP contribution in [0.4, 0.5) is 0 Å². The Morgan fingerprint density at radius 2 is 1.81 bits per heavy atom. The van der Waals surface area contributed by atoms with Crippen molar-refractivity contribution in [3.63, 3.8) is 0 Å². The average molecular weight is 242 g/mol. The van der Waals surface area contributed by atoms with Gasteiger partial charge in [-0.25, -0.2) is 8.42 Å². The Morgan fingerprint density at radius 3 is 2.31 bits per heavy atom. The minimum atomic E-state index is -2.98. The monoisotopic (exact) mass is 242 g/mol. The Morgan fingerprint density at radius 1 is 1.25 bits per heavy atom. The van der Waals surface area contributed by atoms with Gasteiger partial charge in [0.1, 0.15) is 9.84 Å². The van der Waals surface area contributed by atoms with Gasteiger partial charge in [0.05, 0.1) is 11.9 Å². The van der Waals surface area contributed by atoms with Gasteiger partial charge >= 0.3 is 0 Å². The first-order valence-corrected chi connectivity index (χ1v) is 7.34. The van der Waals surface area contributed by atoms with E-state index in [-0.39, 0.29) is 5.75 Å². The standard InChI is InChI=1S/C12H18O3S/c1-10-3-5-11(6-4-10)9-12(13)7-8-16(2,14)15/h3-6,12-13H,7-9H2,1-2H3. The van der Waals surface area contributed by atoms with E-state index in [1.165, 1.54) is 11.8 Å². The lowest BCUT2D eigenvalue weighted by molar-refractivity contribution is 0.171. The molecule has 1 unspecified atom stereocenters. The second kappa shape index (κ2) is 5.46. The predicted octanol–water partition coefficient (Wildman–Crippen LogP) is 1.33. The zero-order valence-corrected chi connectivity index (χ0v) is 10.5. The number of hydrogen-bond donors (Lipinski definition) is 1. The van der Waals surface area contributed by atoms with E-state index in [0.29, 0.717) is 12.8 Å². The first-order valence-electron chi connectivity index (χ1n) is 5.28. The molecule has 0 radical (unpaired) electrons. The van der Waals surface area contributed by atoms with Gasteiger partial charge in [0.2, 0.25) is 0 Å². The van der Waals surface area contributed by atoms with Crippen LogP contribution in [-0.4, -0.2) is 31.6 Å². The van der Waals surface area contributed by atoms with Crippen LogP contribution in [0.1, 0.15) is 17.5 Å². The third-order valence-electron chi connectivity index (χ3n) is 2.41. The highest BCUT2D eigenvalue weighted by molar-refractivity contribution is 7.90. The molecule has 1 atom stereocenters. The first-order chi connectivity index (χ1) is 7.37. The molecule has 0 aromatic heterocycles. The molecule has 0 saturated heterocycles. The second-order valence-corrected chi connectivity index (χ2v) is 6.52. The van der Waals surface area contributed by atoms with Crippen LogP contribution in [0.15, 0.2) is 24.3 Å². The highest BCUT2D eigenvalue weighted by Crippen LogP contribution is 2.08. The van der Waals surface area contributed by atoms with Gasteiger partial charge in [-0.05, 0) is 25.3 Å². The molecule has 0 amide bonds. The van der Waals surface area contributed by atoms with Crippen LogP contribution in [0.25, 0.3) is 0 Å². The SMILES string of the molecule is Cc1ccc(CC(O)CCS(C)(=O)=O)cc1. The number of sulfone groups is 1. The van der Waals surface area contributed by atoms with E-state index in [1.807, 2.05) is 31.2 Å². The van der Waals surface area contributed by atoms with Crippen LogP contribution in [0.3, 0.4) is 0 Å². The third kappa shape index (κ3) is 5.28. The van der Waals surface area contributed by atoms with Crippen molar-refractivity contribution in [2.45, 2.75) is 25.9 Å². The molecule has 16 heavy (non-hydrogen) atoms. The molecule has 4 heteroatoms. The maximum Gasteiger partial charge on any atom is 0.147 e. The molecule has 0 spiro atoms. The summed E-state index contributed by atoms with van der Waals surface area (Å²) >= 11 is 0. The third-order valence-corrected chi connectivity index (χ3v) is 3.39. The van der Waals surface area contributed by atoms with Crippen LogP contribution in [0.5, 0.6) is 0 Å². The number of rotatable bonds is 5. The Kier molecular flexibility index (Phi) is 4.50. The summed E-state index contributed by atoms with van der Waals surface area (Å²) in [7, 11) is -2.98. The Labute approximate surface area is 97.0 Å². The van der Waals surface area contributed by atoms with Gasteiger partial charge in [-0.1, -0.05) is 29.8 Å². The fourth-order valence-electron chi connectivity index (χ4n) is 1.45. The molecule has 90 valence electrons. The highest BCUT2D eigenvalue weighted by Gasteiger charge is 2.09. The fraction of sp³-hybridized carbons (Fsp3) is 0.500. The molecule has 3 nitrogen and oxygen atoms in total.